The van der Waals surface area contributed by atoms with Gasteiger partial charge in [-0.2, -0.15) is 0 Å². The van der Waals surface area contributed by atoms with Crippen molar-refractivity contribution in [2.24, 2.45) is 0 Å². The Bertz CT molecular complexity index is 911. The Morgan fingerprint density at radius 3 is 1.20 bits per heavy atom. The molecule has 0 bridgehead atoms. The zero-order valence-corrected chi connectivity index (χ0v) is 19.1. The fraction of sp³-hybridized carbons (Fsp3) is 0.259. The summed E-state index contributed by atoms with van der Waals surface area (Å²) in [5, 5.41) is 0. The number of hydrogen-bond acceptors (Lipinski definition) is 3. The lowest BCUT2D eigenvalue weighted by molar-refractivity contribution is 1.12. The quantitative estimate of drug-likeness (QED) is 0.515. The number of hydrogen-bond donors (Lipinski definition) is 0. The molecular weight excluding hydrogens is 366 g/mol. The highest BCUT2D eigenvalue weighted by Crippen LogP contribution is 2.28. The highest BCUT2D eigenvalue weighted by molar-refractivity contribution is 5.81. The Balaban J connectivity index is 1.94. The van der Waals surface area contributed by atoms with Crippen LogP contribution in [0.5, 0.6) is 0 Å². The van der Waals surface area contributed by atoms with Gasteiger partial charge in [0.1, 0.15) is 0 Å². The van der Waals surface area contributed by atoms with E-state index in [1.165, 1.54) is 39.3 Å². The van der Waals surface area contributed by atoms with Crippen LogP contribution in [0.3, 0.4) is 0 Å². The van der Waals surface area contributed by atoms with E-state index >= 15 is 0 Å². The second kappa shape index (κ2) is 9.53. The van der Waals surface area contributed by atoms with Gasteiger partial charge in [0.05, 0.1) is 0 Å². The second-order valence-corrected chi connectivity index (χ2v) is 8.27. The number of anilines is 3. The van der Waals surface area contributed by atoms with E-state index in [4.69, 9.17) is 0 Å². The number of rotatable bonds is 7. The summed E-state index contributed by atoms with van der Waals surface area (Å²) >= 11 is 0. The van der Waals surface area contributed by atoms with E-state index in [-0.39, 0.29) is 0 Å². The number of benzene rings is 3. The molecule has 0 saturated heterocycles. The molecule has 0 radical (unpaired) electrons. The fourth-order valence-corrected chi connectivity index (χ4v) is 3.43. The minimum atomic E-state index is 0.897. The zero-order valence-electron chi connectivity index (χ0n) is 19.1. The van der Waals surface area contributed by atoms with Gasteiger partial charge in [0.2, 0.25) is 0 Å². The smallest absolute Gasteiger partial charge is 0.0361 e. The normalized spacial score (nSPS) is 10.5. The highest BCUT2D eigenvalue weighted by atomic mass is 15.1. The molecule has 30 heavy (non-hydrogen) atoms. The summed E-state index contributed by atoms with van der Waals surface area (Å²) in [6.45, 7) is 0. The predicted molar refractivity (Wildman–Crippen MR) is 133 cm³/mol. The second-order valence-electron chi connectivity index (χ2n) is 8.27. The molecule has 0 spiro atoms. The molecule has 0 fully saturated rings. The standard InChI is InChI=1S/C27H33N3/c1-28(2)24-14-7-21(8-15-24)9-20-27(22-10-16-25(17-11-22)29(3)4)23-12-18-26(19-13-23)30(5)6/h7-8,10-20H,9H2,1-6H3. The van der Waals surface area contributed by atoms with Crippen molar-refractivity contribution in [3.63, 3.8) is 0 Å². The molecule has 3 aromatic carbocycles. The van der Waals surface area contributed by atoms with E-state index in [1.54, 1.807) is 0 Å². The molecule has 0 heterocycles. The molecule has 3 rings (SSSR count). The van der Waals surface area contributed by atoms with E-state index in [1.807, 2.05) is 0 Å². The van der Waals surface area contributed by atoms with Crippen LogP contribution in [-0.4, -0.2) is 42.3 Å². The van der Waals surface area contributed by atoms with E-state index in [0.29, 0.717) is 0 Å². The first-order valence-corrected chi connectivity index (χ1v) is 10.4. The number of allylic oxidation sites excluding steroid dienone is 1. The lowest BCUT2D eigenvalue weighted by atomic mass is 9.95. The van der Waals surface area contributed by atoms with Crippen LogP contribution in [0.15, 0.2) is 78.9 Å². The van der Waals surface area contributed by atoms with Crippen LogP contribution in [0.1, 0.15) is 16.7 Å². The topological polar surface area (TPSA) is 9.72 Å². The summed E-state index contributed by atoms with van der Waals surface area (Å²) in [5.41, 5.74) is 8.70. The molecule has 0 amide bonds. The van der Waals surface area contributed by atoms with Gasteiger partial charge in [0.15, 0.2) is 0 Å². The first-order chi connectivity index (χ1) is 14.3. The van der Waals surface area contributed by atoms with Gasteiger partial charge in [-0.1, -0.05) is 42.5 Å². The SMILES string of the molecule is CN(C)c1ccc(CC=C(c2ccc(N(C)C)cc2)c2ccc(N(C)C)cc2)cc1. The molecule has 0 aromatic heterocycles. The first kappa shape index (κ1) is 21.5. The Labute approximate surface area is 181 Å². The van der Waals surface area contributed by atoms with Crippen LogP contribution in [-0.2, 0) is 6.42 Å². The Kier molecular flexibility index (Phi) is 6.83. The maximum Gasteiger partial charge on any atom is 0.0361 e. The summed E-state index contributed by atoms with van der Waals surface area (Å²) in [6.07, 6.45) is 3.24. The molecule has 0 saturated carbocycles. The molecule has 3 aromatic rings. The molecule has 3 heteroatoms. The molecule has 3 nitrogen and oxygen atoms in total. The minimum absolute atomic E-state index is 0.897. The maximum absolute atomic E-state index is 2.35. The van der Waals surface area contributed by atoms with Gasteiger partial charge in [0.25, 0.3) is 0 Å². The van der Waals surface area contributed by atoms with Crippen molar-refractivity contribution in [3.8, 4) is 0 Å². The lowest BCUT2D eigenvalue weighted by Crippen LogP contribution is -2.08. The fourth-order valence-electron chi connectivity index (χ4n) is 3.43. The maximum atomic E-state index is 2.35. The van der Waals surface area contributed by atoms with Crippen molar-refractivity contribution in [2.45, 2.75) is 6.42 Å². The molecule has 0 aliphatic heterocycles. The molecule has 0 N–H and O–H groups in total. The third-order valence-corrected chi connectivity index (χ3v) is 5.38. The molecule has 0 aliphatic carbocycles. The Morgan fingerprint density at radius 1 is 0.533 bits per heavy atom. The molecular formula is C27H33N3. The Morgan fingerprint density at radius 2 is 0.867 bits per heavy atom. The van der Waals surface area contributed by atoms with Gasteiger partial charge >= 0.3 is 0 Å². The number of nitrogens with zero attached hydrogens (tertiary/aromatic N) is 3. The minimum Gasteiger partial charge on any atom is -0.378 e. The average Bonchev–Trinajstić information content (AvgIpc) is 2.75. The summed E-state index contributed by atoms with van der Waals surface area (Å²) in [5.74, 6) is 0. The van der Waals surface area contributed by atoms with Crippen molar-refractivity contribution in [2.75, 3.05) is 57.0 Å². The first-order valence-electron chi connectivity index (χ1n) is 10.4. The summed E-state index contributed by atoms with van der Waals surface area (Å²) in [6, 6.07) is 26.4. The van der Waals surface area contributed by atoms with Crippen LogP contribution in [0.25, 0.3) is 5.57 Å². The van der Waals surface area contributed by atoms with Crippen molar-refractivity contribution < 1.29 is 0 Å². The van der Waals surface area contributed by atoms with Gasteiger partial charge in [-0.05, 0) is 65.1 Å². The summed E-state index contributed by atoms with van der Waals surface area (Å²) < 4.78 is 0. The van der Waals surface area contributed by atoms with Crippen LogP contribution >= 0.6 is 0 Å². The van der Waals surface area contributed by atoms with E-state index in [0.717, 1.165) is 6.42 Å². The third kappa shape index (κ3) is 5.24. The monoisotopic (exact) mass is 399 g/mol. The van der Waals surface area contributed by atoms with Crippen molar-refractivity contribution >= 4 is 22.6 Å². The summed E-state index contributed by atoms with van der Waals surface area (Å²) in [4.78, 5) is 6.39. The molecule has 0 unspecified atom stereocenters. The van der Waals surface area contributed by atoms with Gasteiger partial charge in [-0.3, -0.25) is 0 Å². The van der Waals surface area contributed by atoms with Gasteiger partial charge in [-0.25, -0.2) is 0 Å². The Hall–Kier alpha value is -3.20. The van der Waals surface area contributed by atoms with E-state index < -0.39 is 0 Å². The van der Waals surface area contributed by atoms with E-state index in [2.05, 4.69) is 136 Å². The largest absolute Gasteiger partial charge is 0.378 e. The van der Waals surface area contributed by atoms with Crippen LogP contribution in [0, 0.1) is 0 Å². The van der Waals surface area contributed by atoms with Crippen molar-refractivity contribution in [3.05, 3.63) is 95.6 Å². The zero-order chi connectivity index (χ0) is 21.7. The lowest BCUT2D eigenvalue weighted by Gasteiger charge is -2.16. The van der Waals surface area contributed by atoms with Crippen molar-refractivity contribution in [1.29, 1.82) is 0 Å². The van der Waals surface area contributed by atoms with Gasteiger partial charge < -0.3 is 14.7 Å². The predicted octanol–water partition coefficient (Wildman–Crippen LogP) is 5.56. The van der Waals surface area contributed by atoms with Crippen LogP contribution in [0.4, 0.5) is 17.1 Å². The third-order valence-electron chi connectivity index (χ3n) is 5.38. The molecule has 0 atom stereocenters. The van der Waals surface area contributed by atoms with Gasteiger partial charge in [0, 0.05) is 59.3 Å². The van der Waals surface area contributed by atoms with Gasteiger partial charge in [-0.15, -0.1) is 0 Å². The van der Waals surface area contributed by atoms with E-state index in [9.17, 15) is 0 Å². The van der Waals surface area contributed by atoms with Crippen LogP contribution < -0.4 is 14.7 Å². The van der Waals surface area contributed by atoms with Crippen molar-refractivity contribution in [1.82, 2.24) is 0 Å². The highest BCUT2D eigenvalue weighted by Gasteiger charge is 2.07. The summed E-state index contributed by atoms with van der Waals surface area (Å²) in [7, 11) is 12.4. The van der Waals surface area contributed by atoms with Crippen LogP contribution in [0.2, 0.25) is 0 Å². The molecule has 0 aliphatic rings. The molecule has 156 valence electrons. The average molecular weight is 400 g/mol.